The van der Waals surface area contributed by atoms with Crippen LogP contribution in [0.5, 0.6) is 5.75 Å². The molecule has 0 radical (unpaired) electrons. The molecule has 0 aromatic heterocycles. The predicted molar refractivity (Wildman–Crippen MR) is 69.8 cm³/mol. The highest BCUT2D eigenvalue weighted by Crippen LogP contribution is 2.24. The van der Waals surface area contributed by atoms with Crippen LogP contribution in [-0.4, -0.2) is 48.1 Å². The average Bonchev–Trinajstić information content (AvgIpc) is 2.38. The fraction of sp³-hybridized carbons (Fsp3) is 0.500. The van der Waals surface area contributed by atoms with Gasteiger partial charge in [0.25, 0.3) is 0 Å². The van der Waals surface area contributed by atoms with Crippen LogP contribution in [0.3, 0.4) is 0 Å². The zero-order chi connectivity index (χ0) is 13.6. The van der Waals surface area contributed by atoms with Gasteiger partial charge in [-0.3, -0.25) is 0 Å². The van der Waals surface area contributed by atoms with Gasteiger partial charge in [-0.05, 0) is 19.2 Å². The molecule has 0 saturated carbocycles. The molecule has 0 fully saturated rings. The number of nitrogens with one attached hydrogen (secondary N) is 1. The number of benzene rings is 1. The molecule has 1 aromatic rings. The maximum Gasteiger partial charge on any atom is 0.183 e. The molecule has 0 amide bonds. The second kappa shape index (κ2) is 6.72. The number of ether oxygens (including phenoxy) is 2. The first kappa shape index (κ1) is 14.9. The van der Waals surface area contributed by atoms with E-state index >= 15 is 0 Å². The highest BCUT2D eigenvalue weighted by atomic mass is 32.2. The number of methoxy groups -OCH3 is 2. The van der Waals surface area contributed by atoms with Gasteiger partial charge in [-0.15, -0.1) is 0 Å². The summed E-state index contributed by atoms with van der Waals surface area (Å²) in [6, 6.07) is 6.36. The molecule has 1 N–H and O–H groups in total. The van der Waals surface area contributed by atoms with Crippen molar-refractivity contribution in [1.29, 1.82) is 0 Å². The zero-order valence-corrected chi connectivity index (χ0v) is 11.7. The molecule has 1 unspecified atom stereocenters. The van der Waals surface area contributed by atoms with Crippen LogP contribution in [-0.2, 0) is 14.6 Å². The van der Waals surface area contributed by atoms with Crippen molar-refractivity contribution in [1.82, 2.24) is 5.32 Å². The van der Waals surface area contributed by atoms with Gasteiger partial charge in [0, 0.05) is 13.2 Å². The molecule has 0 bridgehead atoms. The Morgan fingerprint density at radius 3 is 2.50 bits per heavy atom. The number of rotatable bonds is 7. The zero-order valence-electron chi connectivity index (χ0n) is 10.8. The van der Waals surface area contributed by atoms with E-state index in [9.17, 15) is 8.42 Å². The van der Waals surface area contributed by atoms with E-state index in [1.54, 1.807) is 38.4 Å². The van der Waals surface area contributed by atoms with Crippen molar-refractivity contribution in [2.24, 2.45) is 0 Å². The first-order chi connectivity index (χ1) is 8.55. The van der Waals surface area contributed by atoms with Crippen molar-refractivity contribution in [2.45, 2.75) is 10.9 Å². The molecule has 102 valence electrons. The van der Waals surface area contributed by atoms with Crippen molar-refractivity contribution >= 4 is 9.84 Å². The summed E-state index contributed by atoms with van der Waals surface area (Å²) in [5.74, 6) is 0.335. The SMILES string of the molecule is CNC(COC)CS(=O)(=O)c1ccccc1OC. The molecule has 6 heteroatoms. The van der Waals surface area contributed by atoms with Crippen LogP contribution >= 0.6 is 0 Å². The molecular weight excluding hydrogens is 254 g/mol. The largest absolute Gasteiger partial charge is 0.495 e. The van der Waals surface area contributed by atoms with Gasteiger partial charge < -0.3 is 14.8 Å². The molecular formula is C12H19NO4S. The lowest BCUT2D eigenvalue weighted by Crippen LogP contribution is -2.36. The van der Waals surface area contributed by atoms with Gasteiger partial charge in [0.15, 0.2) is 9.84 Å². The van der Waals surface area contributed by atoms with Gasteiger partial charge in [-0.25, -0.2) is 8.42 Å². The molecule has 0 aliphatic rings. The second-order valence-corrected chi connectivity index (χ2v) is 5.88. The second-order valence-electron chi connectivity index (χ2n) is 3.87. The standard InChI is InChI=1S/C12H19NO4S/c1-13-10(8-16-2)9-18(14,15)12-7-5-4-6-11(12)17-3/h4-7,10,13H,8-9H2,1-3H3. The van der Waals surface area contributed by atoms with Crippen LogP contribution in [0, 0.1) is 0 Å². The Kier molecular flexibility index (Phi) is 5.58. The molecule has 0 heterocycles. The quantitative estimate of drug-likeness (QED) is 0.792. The van der Waals surface area contributed by atoms with Crippen molar-refractivity contribution < 1.29 is 17.9 Å². The third kappa shape index (κ3) is 3.69. The lowest BCUT2D eigenvalue weighted by atomic mass is 10.3. The summed E-state index contributed by atoms with van der Waals surface area (Å²) in [6.45, 7) is 0.338. The van der Waals surface area contributed by atoms with Gasteiger partial charge in [-0.2, -0.15) is 0 Å². The van der Waals surface area contributed by atoms with E-state index in [1.807, 2.05) is 0 Å². The first-order valence-electron chi connectivity index (χ1n) is 5.57. The van der Waals surface area contributed by atoms with Gasteiger partial charge >= 0.3 is 0 Å². The highest BCUT2D eigenvalue weighted by molar-refractivity contribution is 7.91. The van der Waals surface area contributed by atoms with E-state index in [0.717, 1.165) is 0 Å². The van der Waals surface area contributed by atoms with Crippen molar-refractivity contribution in [3.05, 3.63) is 24.3 Å². The van der Waals surface area contributed by atoms with E-state index in [2.05, 4.69) is 5.32 Å². The van der Waals surface area contributed by atoms with Crippen molar-refractivity contribution in [3.8, 4) is 5.75 Å². The summed E-state index contributed by atoms with van der Waals surface area (Å²) in [6.07, 6.45) is 0. The van der Waals surface area contributed by atoms with Crippen LogP contribution in [0.4, 0.5) is 0 Å². The number of hydrogen-bond donors (Lipinski definition) is 1. The van der Waals surface area contributed by atoms with Gasteiger partial charge in [-0.1, -0.05) is 12.1 Å². The third-order valence-corrected chi connectivity index (χ3v) is 4.45. The Morgan fingerprint density at radius 2 is 1.94 bits per heavy atom. The molecule has 0 aliphatic carbocycles. The van der Waals surface area contributed by atoms with Crippen LogP contribution < -0.4 is 10.1 Å². The number of hydrogen-bond acceptors (Lipinski definition) is 5. The minimum Gasteiger partial charge on any atom is -0.495 e. The van der Waals surface area contributed by atoms with Crippen LogP contribution in [0.1, 0.15) is 0 Å². The Hall–Kier alpha value is -1.11. The summed E-state index contributed by atoms with van der Waals surface area (Å²) in [5.41, 5.74) is 0. The Labute approximate surface area is 108 Å². The smallest absolute Gasteiger partial charge is 0.183 e. The third-order valence-electron chi connectivity index (χ3n) is 2.60. The van der Waals surface area contributed by atoms with E-state index in [1.165, 1.54) is 7.11 Å². The van der Waals surface area contributed by atoms with Crippen LogP contribution in [0.15, 0.2) is 29.2 Å². The molecule has 0 spiro atoms. The fourth-order valence-corrected chi connectivity index (χ4v) is 3.36. The molecule has 1 rings (SSSR count). The first-order valence-corrected chi connectivity index (χ1v) is 7.22. The molecule has 0 aliphatic heterocycles. The lowest BCUT2D eigenvalue weighted by molar-refractivity contribution is 0.176. The van der Waals surface area contributed by atoms with E-state index < -0.39 is 9.84 Å². The maximum absolute atomic E-state index is 12.3. The molecule has 1 aromatic carbocycles. The summed E-state index contributed by atoms with van der Waals surface area (Å²) in [7, 11) is 1.30. The number of likely N-dealkylation sites (N-methyl/N-ethyl adjacent to an activating group) is 1. The number of para-hydroxylation sites is 1. The monoisotopic (exact) mass is 273 g/mol. The Bertz CT molecular complexity index is 473. The summed E-state index contributed by atoms with van der Waals surface area (Å²) >= 11 is 0. The van der Waals surface area contributed by atoms with E-state index in [0.29, 0.717) is 12.4 Å². The maximum atomic E-state index is 12.3. The van der Waals surface area contributed by atoms with Gasteiger partial charge in [0.1, 0.15) is 10.6 Å². The minimum absolute atomic E-state index is 0.0300. The van der Waals surface area contributed by atoms with Crippen LogP contribution in [0.25, 0.3) is 0 Å². The minimum atomic E-state index is -3.40. The molecule has 1 atom stereocenters. The summed E-state index contributed by atoms with van der Waals surface area (Å²) < 4.78 is 34.6. The van der Waals surface area contributed by atoms with Gasteiger partial charge in [0.05, 0.1) is 19.5 Å². The van der Waals surface area contributed by atoms with Crippen molar-refractivity contribution in [3.63, 3.8) is 0 Å². The average molecular weight is 273 g/mol. The summed E-state index contributed by atoms with van der Waals surface area (Å²) in [4.78, 5) is 0.212. The highest BCUT2D eigenvalue weighted by Gasteiger charge is 2.23. The topological polar surface area (TPSA) is 64.6 Å². The van der Waals surface area contributed by atoms with E-state index in [-0.39, 0.29) is 16.7 Å². The number of sulfone groups is 1. The fourth-order valence-electron chi connectivity index (χ4n) is 1.65. The molecule has 0 saturated heterocycles. The lowest BCUT2D eigenvalue weighted by Gasteiger charge is -2.16. The molecule has 5 nitrogen and oxygen atoms in total. The normalized spacial score (nSPS) is 13.3. The van der Waals surface area contributed by atoms with E-state index in [4.69, 9.17) is 9.47 Å². The predicted octanol–water partition coefficient (Wildman–Crippen LogP) is 0.703. The Balaban J connectivity index is 2.98. The Morgan fingerprint density at radius 1 is 1.28 bits per heavy atom. The van der Waals surface area contributed by atoms with Crippen molar-refractivity contribution in [2.75, 3.05) is 33.6 Å². The summed E-state index contributed by atoms with van der Waals surface area (Å²) in [5, 5.41) is 2.92. The van der Waals surface area contributed by atoms with Gasteiger partial charge in [0.2, 0.25) is 0 Å². The van der Waals surface area contributed by atoms with Crippen LogP contribution in [0.2, 0.25) is 0 Å². The molecule has 18 heavy (non-hydrogen) atoms.